The predicted octanol–water partition coefficient (Wildman–Crippen LogP) is 3.60. The molecule has 4 rings (SSSR count). The summed E-state index contributed by atoms with van der Waals surface area (Å²) >= 11 is 1.30. The highest BCUT2D eigenvalue weighted by atomic mass is 32.2. The standard InChI is InChI=1S/C20H22N2O2S/c1-24-18-10-14(17-11-16-9-15(17)12-21-16)7-8-19(18)25-22-20(23)13-5-3-2-4-6-13/h2-8,10,15-17,21H,9,11-12H2,1H3,(H,22,23). The van der Waals surface area contributed by atoms with E-state index < -0.39 is 0 Å². The second kappa shape index (κ2) is 7.10. The summed E-state index contributed by atoms with van der Waals surface area (Å²) < 4.78 is 8.47. The molecule has 0 spiro atoms. The summed E-state index contributed by atoms with van der Waals surface area (Å²) in [7, 11) is 1.69. The number of hydrogen-bond donors (Lipinski definition) is 2. The van der Waals surface area contributed by atoms with E-state index in [9.17, 15) is 4.79 Å². The van der Waals surface area contributed by atoms with Crippen molar-refractivity contribution in [3.05, 3.63) is 59.7 Å². The zero-order valence-corrected chi connectivity index (χ0v) is 15.0. The molecule has 1 aliphatic carbocycles. The van der Waals surface area contributed by atoms with Crippen molar-refractivity contribution in [2.24, 2.45) is 5.92 Å². The van der Waals surface area contributed by atoms with Crippen LogP contribution in [-0.4, -0.2) is 25.6 Å². The van der Waals surface area contributed by atoms with Crippen molar-refractivity contribution in [2.45, 2.75) is 29.7 Å². The first-order valence-corrected chi connectivity index (χ1v) is 9.50. The molecular formula is C20H22N2O2S. The van der Waals surface area contributed by atoms with Crippen LogP contribution in [0.1, 0.15) is 34.7 Å². The van der Waals surface area contributed by atoms with E-state index in [4.69, 9.17) is 4.74 Å². The summed E-state index contributed by atoms with van der Waals surface area (Å²) in [5.41, 5.74) is 2.00. The first kappa shape index (κ1) is 16.5. The molecule has 1 amide bonds. The Morgan fingerprint density at radius 2 is 2.04 bits per heavy atom. The van der Waals surface area contributed by atoms with Gasteiger partial charge in [0, 0.05) is 11.6 Å². The maximum absolute atomic E-state index is 12.2. The van der Waals surface area contributed by atoms with Crippen LogP contribution < -0.4 is 14.8 Å². The van der Waals surface area contributed by atoms with E-state index in [1.54, 1.807) is 19.2 Å². The van der Waals surface area contributed by atoms with Crippen molar-refractivity contribution in [3.63, 3.8) is 0 Å². The number of piperidine rings is 1. The summed E-state index contributed by atoms with van der Waals surface area (Å²) in [5.74, 6) is 2.09. The highest BCUT2D eigenvalue weighted by Gasteiger charge is 2.40. The number of nitrogens with one attached hydrogen (secondary N) is 2. The number of benzene rings is 2. The highest BCUT2D eigenvalue weighted by molar-refractivity contribution is 7.98. The fourth-order valence-electron chi connectivity index (χ4n) is 3.99. The molecule has 5 heteroatoms. The molecule has 3 atom stereocenters. The fourth-order valence-corrected chi connectivity index (χ4v) is 4.69. The van der Waals surface area contributed by atoms with Crippen molar-refractivity contribution in [1.29, 1.82) is 0 Å². The van der Waals surface area contributed by atoms with Crippen molar-refractivity contribution >= 4 is 17.9 Å². The number of rotatable bonds is 5. The molecule has 1 saturated carbocycles. The summed E-state index contributed by atoms with van der Waals surface area (Å²) in [5, 5.41) is 3.56. The van der Waals surface area contributed by atoms with E-state index in [0.717, 1.165) is 23.1 Å². The third kappa shape index (κ3) is 3.39. The highest BCUT2D eigenvalue weighted by Crippen LogP contribution is 2.44. The average Bonchev–Trinajstić information content (AvgIpc) is 3.30. The molecule has 3 unspecified atom stereocenters. The largest absolute Gasteiger partial charge is 0.496 e. The predicted molar refractivity (Wildman–Crippen MR) is 100 cm³/mol. The Bertz CT molecular complexity index is 766. The fraction of sp³-hybridized carbons (Fsp3) is 0.350. The first-order chi connectivity index (χ1) is 12.2. The van der Waals surface area contributed by atoms with E-state index in [2.05, 4.69) is 28.2 Å². The number of fused-ring (bicyclic) bond motifs is 2. The van der Waals surface area contributed by atoms with Gasteiger partial charge in [0.15, 0.2) is 0 Å². The molecule has 0 radical (unpaired) electrons. The molecule has 1 aliphatic heterocycles. The van der Waals surface area contributed by atoms with Crippen LogP contribution >= 0.6 is 11.9 Å². The van der Waals surface area contributed by atoms with Crippen LogP contribution in [0.15, 0.2) is 53.4 Å². The SMILES string of the molecule is COc1cc(C2CC3CC2CN3)ccc1SNC(=O)c1ccccc1. The Morgan fingerprint density at radius 3 is 2.72 bits per heavy atom. The van der Waals surface area contributed by atoms with Crippen LogP contribution in [0, 0.1) is 5.92 Å². The zero-order valence-electron chi connectivity index (χ0n) is 14.2. The molecule has 0 aromatic heterocycles. The molecule has 2 N–H and O–H groups in total. The molecule has 4 nitrogen and oxygen atoms in total. The number of hydrogen-bond acceptors (Lipinski definition) is 4. The Morgan fingerprint density at radius 1 is 1.20 bits per heavy atom. The van der Waals surface area contributed by atoms with E-state index in [1.165, 1.54) is 30.4 Å². The molecule has 2 bridgehead atoms. The smallest absolute Gasteiger partial charge is 0.261 e. The van der Waals surface area contributed by atoms with Crippen molar-refractivity contribution in [3.8, 4) is 5.75 Å². The van der Waals surface area contributed by atoms with Crippen LogP contribution in [0.3, 0.4) is 0 Å². The topological polar surface area (TPSA) is 50.4 Å². The van der Waals surface area contributed by atoms with Crippen LogP contribution in [0.4, 0.5) is 0 Å². The lowest BCUT2D eigenvalue weighted by atomic mass is 9.88. The van der Waals surface area contributed by atoms with Gasteiger partial charge in [-0.25, -0.2) is 0 Å². The number of amides is 1. The number of methoxy groups -OCH3 is 1. The molecule has 1 saturated heterocycles. The lowest BCUT2D eigenvalue weighted by Crippen LogP contribution is -2.28. The molecule has 130 valence electrons. The van der Waals surface area contributed by atoms with E-state index in [-0.39, 0.29) is 5.91 Å². The van der Waals surface area contributed by atoms with Gasteiger partial charge < -0.3 is 10.1 Å². The van der Waals surface area contributed by atoms with Gasteiger partial charge in [0.2, 0.25) is 0 Å². The zero-order chi connectivity index (χ0) is 17.2. The van der Waals surface area contributed by atoms with Gasteiger partial charge in [0.05, 0.1) is 12.0 Å². The van der Waals surface area contributed by atoms with Crippen LogP contribution in [-0.2, 0) is 0 Å². The van der Waals surface area contributed by atoms with Gasteiger partial charge in [-0.15, -0.1) is 0 Å². The van der Waals surface area contributed by atoms with Crippen molar-refractivity contribution in [1.82, 2.24) is 10.0 Å². The van der Waals surface area contributed by atoms with Crippen LogP contribution in [0.25, 0.3) is 0 Å². The molecule has 25 heavy (non-hydrogen) atoms. The molecule has 2 aromatic rings. The molecule has 2 fully saturated rings. The minimum absolute atomic E-state index is 0.101. The van der Waals surface area contributed by atoms with Crippen LogP contribution in [0.2, 0.25) is 0 Å². The van der Waals surface area contributed by atoms with Gasteiger partial charge in [0.25, 0.3) is 5.91 Å². The van der Waals surface area contributed by atoms with Crippen molar-refractivity contribution in [2.75, 3.05) is 13.7 Å². The lowest BCUT2D eigenvalue weighted by molar-refractivity contribution is 0.0984. The third-order valence-electron chi connectivity index (χ3n) is 5.27. The third-order valence-corrected chi connectivity index (χ3v) is 6.11. The molecule has 1 heterocycles. The van der Waals surface area contributed by atoms with Gasteiger partial charge >= 0.3 is 0 Å². The minimum atomic E-state index is -0.101. The number of carbonyl (C=O) groups excluding carboxylic acids is 1. The van der Waals surface area contributed by atoms with Crippen LogP contribution in [0.5, 0.6) is 5.75 Å². The van der Waals surface area contributed by atoms with Gasteiger partial charge in [-0.05, 0) is 73.0 Å². The normalized spacial score (nSPS) is 24.3. The minimum Gasteiger partial charge on any atom is -0.496 e. The van der Waals surface area contributed by atoms with Crippen molar-refractivity contribution < 1.29 is 9.53 Å². The van der Waals surface area contributed by atoms with Gasteiger partial charge in [-0.2, -0.15) is 0 Å². The van der Waals surface area contributed by atoms with Gasteiger partial charge in [0.1, 0.15) is 5.75 Å². The Kier molecular flexibility index (Phi) is 4.68. The van der Waals surface area contributed by atoms with Gasteiger partial charge in [-0.3, -0.25) is 9.52 Å². The summed E-state index contributed by atoms with van der Waals surface area (Å²) in [6.07, 6.45) is 2.50. The average molecular weight is 354 g/mol. The molecule has 2 aliphatic rings. The second-order valence-electron chi connectivity index (χ2n) is 6.75. The Labute approximate surface area is 152 Å². The summed E-state index contributed by atoms with van der Waals surface area (Å²) in [6, 6.07) is 16.3. The van der Waals surface area contributed by atoms with E-state index in [1.807, 2.05) is 18.2 Å². The maximum atomic E-state index is 12.2. The summed E-state index contributed by atoms with van der Waals surface area (Å²) in [6.45, 7) is 1.13. The first-order valence-electron chi connectivity index (χ1n) is 8.68. The summed E-state index contributed by atoms with van der Waals surface area (Å²) in [4.78, 5) is 13.1. The lowest BCUT2D eigenvalue weighted by Gasteiger charge is -2.23. The quantitative estimate of drug-likeness (QED) is 0.806. The van der Waals surface area contributed by atoms with E-state index in [0.29, 0.717) is 17.5 Å². The maximum Gasteiger partial charge on any atom is 0.261 e. The molecule has 2 aromatic carbocycles. The molecular weight excluding hydrogens is 332 g/mol. The Hall–Kier alpha value is -1.98. The number of carbonyl (C=O) groups is 1. The Balaban J connectivity index is 1.46. The second-order valence-corrected chi connectivity index (χ2v) is 7.60. The van der Waals surface area contributed by atoms with Gasteiger partial charge in [-0.1, -0.05) is 24.3 Å². The monoisotopic (exact) mass is 354 g/mol. The van der Waals surface area contributed by atoms with E-state index >= 15 is 0 Å². The number of ether oxygens (including phenoxy) is 1.